The molecule has 5 nitrogen and oxygen atoms in total. The van der Waals surface area contributed by atoms with Crippen molar-refractivity contribution < 1.29 is 9.53 Å². The second-order valence-electron chi connectivity index (χ2n) is 9.35. The van der Waals surface area contributed by atoms with Crippen molar-refractivity contribution in [1.29, 1.82) is 0 Å². The number of carbonyl (C=O) groups excluding carboxylic acids is 1. The number of hydrogen-bond donors (Lipinski definition) is 1. The zero-order valence-electron chi connectivity index (χ0n) is 19.2. The fraction of sp³-hybridized carbons (Fsp3) is 0.520. The van der Waals surface area contributed by atoms with E-state index in [4.69, 9.17) is 4.74 Å². The Bertz CT molecular complexity index is 929. The Morgan fingerprint density at radius 2 is 2.06 bits per heavy atom. The molecule has 3 rings (SSSR count). The standard InChI is InChI=1S/C25H33N3O2S/c1-18-8-10-20(11-9-18)27-28(17-19-7-6-14-26-16-19)22-15-21(12-13-25(2,3)4)31-23(22)24(29)30-5/h6-7,14-16,18,20,27H,8-11,17H2,1-5H3. The predicted octanol–water partition coefficient (Wildman–Crippen LogP) is 5.42. The fourth-order valence-corrected chi connectivity index (χ4v) is 4.55. The summed E-state index contributed by atoms with van der Waals surface area (Å²) in [4.78, 5) is 18.3. The highest BCUT2D eigenvalue weighted by molar-refractivity contribution is 7.15. The predicted molar refractivity (Wildman–Crippen MR) is 127 cm³/mol. The lowest BCUT2D eigenvalue weighted by Crippen LogP contribution is -2.46. The number of hydrazine groups is 1. The smallest absolute Gasteiger partial charge is 0.350 e. The molecule has 0 spiro atoms. The normalized spacial score (nSPS) is 18.7. The number of nitrogens with zero attached hydrogens (tertiary/aromatic N) is 2. The Morgan fingerprint density at radius 1 is 1.32 bits per heavy atom. The van der Waals surface area contributed by atoms with E-state index in [1.54, 1.807) is 6.20 Å². The number of esters is 1. The molecule has 1 aliphatic rings. The Kier molecular flexibility index (Phi) is 7.74. The molecule has 31 heavy (non-hydrogen) atoms. The summed E-state index contributed by atoms with van der Waals surface area (Å²) >= 11 is 1.39. The van der Waals surface area contributed by atoms with Crippen LogP contribution < -0.4 is 10.4 Å². The Balaban J connectivity index is 1.96. The van der Waals surface area contributed by atoms with Crippen LogP contribution in [0.2, 0.25) is 0 Å². The highest BCUT2D eigenvalue weighted by Gasteiger charge is 2.25. The minimum Gasteiger partial charge on any atom is -0.465 e. The van der Waals surface area contributed by atoms with Crippen LogP contribution in [0.3, 0.4) is 0 Å². The van der Waals surface area contributed by atoms with Crippen molar-refractivity contribution in [2.75, 3.05) is 12.1 Å². The van der Waals surface area contributed by atoms with Crippen molar-refractivity contribution in [1.82, 2.24) is 10.4 Å². The Hall–Kier alpha value is -2.36. The lowest BCUT2D eigenvalue weighted by Gasteiger charge is -2.34. The molecule has 0 atom stereocenters. The van der Waals surface area contributed by atoms with Crippen LogP contribution in [0.15, 0.2) is 30.6 Å². The maximum atomic E-state index is 12.6. The van der Waals surface area contributed by atoms with E-state index in [1.165, 1.54) is 31.3 Å². The second kappa shape index (κ2) is 10.3. The molecule has 0 radical (unpaired) electrons. The van der Waals surface area contributed by atoms with Crippen LogP contribution in [-0.4, -0.2) is 24.1 Å². The maximum Gasteiger partial charge on any atom is 0.350 e. The van der Waals surface area contributed by atoms with Gasteiger partial charge in [0, 0.05) is 23.9 Å². The first-order valence-electron chi connectivity index (χ1n) is 10.9. The number of nitrogens with one attached hydrogen (secondary N) is 1. The summed E-state index contributed by atoms with van der Waals surface area (Å²) in [5.74, 6) is 6.96. The summed E-state index contributed by atoms with van der Waals surface area (Å²) < 4.78 is 5.10. The SMILES string of the molecule is COC(=O)c1sc(C#CC(C)(C)C)cc1N(Cc1cccnc1)NC1CCC(C)CC1. The molecule has 0 unspecified atom stereocenters. The van der Waals surface area contributed by atoms with Gasteiger partial charge in [-0.15, -0.1) is 11.3 Å². The monoisotopic (exact) mass is 439 g/mol. The molecule has 1 fully saturated rings. The van der Waals surface area contributed by atoms with Gasteiger partial charge in [0.1, 0.15) is 4.88 Å². The quantitative estimate of drug-likeness (QED) is 0.370. The average molecular weight is 440 g/mol. The third-order valence-electron chi connectivity index (χ3n) is 5.35. The van der Waals surface area contributed by atoms with Gasteiger partial charge in [0.2, 0.25) is 0 Å². The summed E-state index contributed by atoms with van der Waals surface area (Å²) in [6.07, 6.45) is 8.32. The molecule has 6 heteroatoms. The summed E-state index contributed by atoms with van der Waals surface area (Å²) in [5.41, 5.74) is 5.48. The summed E-state index contributed by atoms with van der Waals surface area (Å²) in [7, 11) is 1.42. The van der Waals surface area contributed by atoms with E-state index in [0.29, 0.717) is 17.5 Å². The van der Waals surface area contributed by atoms with Gasteiger partial charge in [-0.05, 0) is 70.1 Å². The number of methoxy groups -OCH3 is 1. The fourth-order valence-electron chi connectivity index (χ4n) is 3.62. The van der Waals surface area contributed by atoms with Crippen LogP contribution in [-0.2, 0) is 11.3 Å². The third-order valence-corrected chi connectivity index (χ3v) is 6.37. The number of carbonyl (C=O) groups is 1. The minimum absolute atomic E-state index is 0.109. The van der Waals surface area contributed by atoms with Crippen LogP contribution in [0.4, 0.5) is 5.69 Å². The van der Waals surface area contributed by atoms with Gasteiger partial charge in [0.15, 0.2) is 0 Å². The maximum absolute atomic E-state index is 12.6. The molecule has 1 N–H and O–H groups in total. The lowest BCUT2D eigenvalue weighted by molar-refractivity contribution is 0.0606. The number of thiophene rings is 1. The van der Waals surface area contributed by atoms with E-state index in [9.17, 15) is 4.79 Å². The number of hydrogen-bond acceptors (Lipinski definition) is 6. The van der Waals surface area contributed by atoms with Gasteiger partial charge in [0.25, 0.3) is 0 Å². The van der Waals surface area contributed by atoms with Crippen molar-refractivity contribution >= 4 is 23.0 Å². The topological polar surface area (TPSA) is 54.5 Å². The van der Waals surface area contributed by atoms with Crippen molar-refractivity contribution in [2.24, 2.45) is 11.3 Å². The average Bonchev–Trinajstić information content (AvgIpc) is 3.17. The molecule has 1 saturated carbocycles. The third kappa shape index (κ3) is 6.81. The van der Waals surface area contributed by atoms with Crippen molar-refractivity contribution in [3.63, 3.8) is 0 Å². The first-order chi connectivity index (χ1) is 14.7. The molecule has 2 aromatic rings. The first kappa shape index (κ1) is 23.3. The van der Waals surface area contributed by atoms with Gasteiger partial charge in [-0.2, -0.15) is 0 Å². The minimum atomic E-state index is -0.334. The van der Waals surface area contributed by atoms with Crippen molar-refractivity contribution in [3.05, 3.63) is 45.9 Å². The highest BCUT2D eigenvalue weighted by atomic mass is 32.1. The molecule has 0 aromatic carbocycles. The number of ether oxygens (including phenoxy) is 1. The highest BCUT2D eigenvalue weighted by Crippen LogP contribution is 2.32. The number of anilines is 1. The van der Waals surface area contributed by atoms with Gasteiger partial charge >= 0.3 is 5.97 Å². The van der Waals surface area contributed by atoms with Crippen LogP contribution in [0.1, 0.15) is 73.5 Å². The van der Waals surface area contributed by atoms with Crippen LogP contribution in [0.5, 0.6) is 0 Å². The molecule has 0 saturated heterocycles. The number of pyridine rings is 1. The van der Waals surface area contributed by atoms with Crippen LogP contribution in [0.25, 0.3) is 0 Å². The van der Waals surface area contributed by atoms with Gasteiger partial charge in [-0.1, -0.05) is 24.8 Å². The Labute approximate surface area is 190 Å². The second-order valence-corrected chi connectivity index (χ2v) is 10.4. The van der Waals surface area contributed by atoms with Gasteiger partial charge in [-0.25, -0.2) is 10.2 Å². The molecule has 1 aliphatic carbocycles. The van der Waals surface area contributed by atoms with Crippen molar-refractivity contribution in [2.45, 2.75) is 66.0 Å². The largest absolute Gasteiger partial charge is 0.465 e. The van der Waals surface area contributed by atoms with Crippen LogP contribution in [0, 0.1) is 23.2 Å². The van der Waals surface area contributed by atoms with E-state index in [1.807, 2.05) is 18.3 Å². The molecule has 2 aromatic heterocycles. The van der Waals surface area contributed by atoms with Crippen molar-refractivity contribution in [3.8, 4) is 11.8 Å². The van der Waals surface area contributed by atoms with Gasteiger partial charge < -0.3 is 9.75 Å². The molecule has 2 heterocycles. The summed E-state index contributed by atoms with van der Waals surface area (Å²) in [6.45, 7) is 9.16. The molecule has 0 bridgehead atoms. The van der Waals surface area contributed by atoms with E-state index >= 15 is 0 Å². The Morgan fingerprint density at radius 3 is 2.68 bits per heavy atom. The molecule has 0 aliphatic heterocycles. The van der Waals surface area contributed by atoms with E-state index in [2.05, 4.69) is 61.0 Å². The molecule has 166 valence electrons. The summed E-state index contributed by atoms with van der Waals surface area (Å²) in [5, 5.41) is 2.09. The lowest BCUT2D eigenvalue weighted by atomic mass is 9.88. The number of rotatable bonds is 6. The summed E-state index contributed by atoms with van der Waals surface area (Å²) in [6, 6.07) is 6.37. The first-order valence-corrected chi connectivity index (χ1v) is 11.7. The molecular formula is C25H33N3O2S. The number of aromatic nitrogens is 1. The molecular weight excluding hydrogens is 406 g/mol. The van der Waals surface area contributed by atoms with Crippen LogP contribution >= 0.6 is 11.3 Å². The van der Waals surface area contributed by atoms with E-state index in [-0.39, 0.29) is 11.4 Å². The van der Waals surface area contributed by atoms with Gasteiger partial charge in [0.05, 0.1) is 24.2 Å². The zero-order valence-corrected chi connectivity index (χ0v) is 20.0. The van der Waals surface area contributed by atoms with E-state index in [0.717, 1.165) is 34.9 Å². The zero-order chi connectivity index (χ0) is 22.4. The van der Waals surface area contributed by atoms with E-state index < -0.39 is 0 Å². The van der Waals surface area contributed by atoms with Gasteiger partial charge in [-0.3, -0.25) is 4.98 Å². The molecule has 0 amide bonds.